The van der Waals surface area contributed by atoms with Crippen LogP contribution in [0.15, 0.2) is 36.4 Å². The van der Waals surface area contributed by atoms with Crippen LogP contribution in [0.3, 0.4) is 0 Å². The summed E-state index contributed by atoms with van der Waals surface area (Å²) in [5.74, 6) is -0.163. The van der Waals surface area contributed by atoms with E-state index < -0.39 is 17.8 Å². The van der Waals surface area contributed by atoms with Gasteiger partial charge in [-0.25, -0.2) is 14.8 Å². The molecule has 218 valence electrons. The van der Waals surface area contributed by atoms with E-state index in [1.165, 1.54) is 23.4 Å². The lowest BCUT2D eigenvalue weighted by atomic mass is 9.74. The molecule has 2 aromatic carbocycles. The fourth-order valence-electron chi connectivity index (χ4n) is 6.94. The maximum absolute atomic E-state index is 14.7. The molecule has 2 aliphatic heterocycles. The molecule has 6 rings (SSSR count). The Bertz CT molecular complexity index is 1450. The van der Waals surface area contributed by atoms with E-state index in [2.05, 4.69) is 39.4 Å². The third-order valence-corrected chi connectivity index (χ3v) is 9.95. The molecule has 0 spiro atoms. The largest absolute Gasteiger partial charge is 0.496 e. The van der Waals surface area contributed by atoms with Crippen molar-refractivity contribution in [3.05, 3.63) is 58.3 Å². The van der Waals surface area contributed by atoms with Gasteiger partial charge in [0.05, 0.1) is 34.4 Å². The first-order chi connectivity index (χ1) is 19.8. The van der Waals surface area contributed by atoms with E-state index in [-0.39, 0.29) is 30.5 Å². The lowest BCUT2D eigenvalue weighted by molar-refractivity contribution is -0.128. The zero-order valence-electron chi connectivity index (χ0n) is 23.4. The zero-order valence-corrected chi connectivity index (χ0v) is 24.2. The van der Waals surface area contributed by atoms with Gasteiger partial charge in [0.15, 0.2) is 0 Å². The Morgan fingerprint density at radius 1 is 1.20 bits per heavy atom. The Hall–Kier alpha value is -3.12. The molecular weight excluding hydrogens is 543 g/mol. The van der Waals surface area contributed by atoms with Gasteiger partial charge in [0.25, 0.3) is 0 Å². The molecule has 1 aromatic heterocycles. The molecule has 1 aliphatic carbocycles. The van der Waals surface area contributed by atoms with Crippen LogP contribution >= 0.6 is 11.3 Å². The number of hydrogen-bond acceptors (Lipinski definition) is 8. The van der Waals surface area contributed by atoms with Crippen LogP contribution in [0.2, 0.25) is 0 Å². The number of hydrazine groups is 1. The van der Waals surface area contributed by atoms with Crippen LogP contribution in [0.1, 0.15) is 54.3 Å². The maximum atomic E-state index is 14.7. The number of likely N-dealkylation sites (tertiary alicyclic amines) is 1. The SMILES string of the molecule is COc1cccc(F)c1CN1C[C@H](NC(=O)C2CCC3NNC(c4ccc5nc(C)sc5c4)C3C2)CC[C@H]1C(N)=O. The summed E-state index contributed by atoms with van der Waals surface area (Å²) in [4.78, 5) is 32.3. The molecular formula is C30H37FN6O3S. The lowest BCUT2D eigenvalue weighted by Gasteiger charge is -2.39. The third kappa shape index (κ3) is 5.68. The molecule has 5 N–H and O–H groups in total. The van der Waals surface area contributed by atoms with Crippen molar-refractivity contribution in [1.82, 2.24) is 26.1 Å². The van der Waals surface area contributed by atoms with Crippen molar-refractivity contribution in [1.29, 1.82) is 0 Å². The van der Waals surface area contributed by atoms with Gasteiger partial charge in [-0.05, 0) is 74.8 Å². The second-order valence-corrected chi connectivity index (χ2v) is 12.8. The third-order valence-electron chi connectivity index (χ3n) is 9.02. The fraction of sp³-hybridized carbons (Fsp3) is 0.500. The first-order valence-electron chi connectivity index (χ1n) is 14.3. The molecule has 0 bridgehead atoms. The van der Waals surface area contributed by atoms with Gasteiger partial charge in [0.1, 0.15) is 11.6 Å². The number of methoxy groups -OCH3 is 1. The highest BCUT2D eigenvalue weighted by molar-refractivity contribution is 7.18. The molecule has 4 unspecified atom stereocenters. The number of nitrogens with zero attached hydrogens (tertiary/aromatic N) is 2. The summed E-state index contributed by atoms with van der Waals surface area (Å²) in [5, 5.41) is 4.32. The van der Waals surface area contributed by atoms with Crippen LogP contribution in [0.5, 0.6) is 5.75 Å². The summed E-state index contributed by atoms with van der Waals surface area (Å²) in [5.41, 5.74) is 15.3. The average Bonchev–Trinajstić information content (AvgIpc) is 3.55. The number of rotatable bonds is 7. The molecule has 41 heavy (non-hydrogen) atoms. The number of thiazole rings is 1. The number of nitrogens with two attached hydrogens (primary N) is 1. The van der Waals surface area contributed by atoms with E-state index in [0.717, 1.165) is 29.8 Å². The van der Waals surface area contributed by atoms with Crippen LogP contribution in [0.4, 0.5) is 4.39 Å². The van der Waals surface area contributed by atoms with Crippen molar-refractivity contribution < 1.29 is 18.7 Å². The molecule has 1 saturated carbocycles. The van der Waals surface area contributed by atoms with Crippen LogP contribution in [-0.4, -0.2) is 53.5 Å². The second-order valence-electron chi connectivity index (χ2n) is 11.6. The molecule has 3 aliphatic rings. The van der Waals surface area contributed by atoms with Crippen LogP contribution < -0.4 is 26.6 Å². The number of piperidine rings is 1. The molecule has 0 radical (unpaired) electrons. The Labute approximate surface area is 243 Å². The number of primary amides is 1. The summed E-state index contributed by atoms with van der Waals surface area (Å²) in [6.07, 6.45) is 3.66. The number of ether oxygens (including phenoxy) is 1. The molecule has 6 atom stereocenters. The van der Waals surface area contributed by atoms with Gasteiger partial charge in [-0.1, -0.05) is 12.1 Å². The number of halogens is 1. The quantitative estimate of drug-likeness (QED) is 0.338. The van der Waals surface area contributed by atoms with Crippen molar-refractivity contribution in [3.8, 4) is 5.75 Å². The highest BCUT2D eigenvalue weighted by atomic mass is 32.1. The molecule has 3 heterocycles. The summed E-state index contributed by atoms with van der Waals surface area (Å²) < 4.78 is 21.3. The topological polar surface area (TPSA) is 122 Å². The number of nitrogens with one attached hydrogen (secondary N) is 3. The Balaban J connectivity index is 1.12. The van der Waals surface area contributed by atoms with Crippen molar-refractivity contribution >= 4 is 33.4 Å². The van der Waals surface area contributed by atoms with Gasteiger partial charge in [0.2, 0.25) is 11.8 Å². The number of carbonyl (C=O) groups excluding carboxylic acids is 2. The molecule has 3 aromatic rings. The molecule has 3 fully saturated rings. The van der Waals surface area contributed by atoms with E-state index in [1.807, 2.05) is 11.8 Å². The van der Waals surface area contributed by atoms with Gasteiger partial charge in [-0.3, -0.25) is 19.9 Å². The zero-order chi connectivity index (χ0) is 28.7. The normalized spacial score (nSPS) is 28.4. The number of hydrogen-bond donors (Lipinski definition) is 4. The van der Waals surface area contributed by atoms with Gasteiger partial charge in [-0.15, -0.1) is 11.3 Å². The van der Waals surface area contributed by atoms with Crippen LogP contribution in [0, 0.1) is 24.6 Å². The number of fused-ring (bicyclic) bond motifs is 2. The average molecular weight is 581 g/mol. The summed E-state index contributed by atoms with van der Waals surface area (Å²) in [6, 6.07) is 10.9. The smallest absolute Gasteiger partial charge is 0.234 e. The molecule has 9 nitrogen and oxygen atoms in total. The number of amides is 2. The molecule has 2 saturated heterocycles. The summed E-state index contributed by atoms with van der Waals surface area (Å²) in [7, 11) is 1.50. The van der Waals surface area contributed by atoms with Crippen LogP contribution in [0.25, 0.3) is 10.2 Å². The number of carbonyl (C=O) groups is 2. The number of aromatic nitrogens is 1. The van der Waals surface area contributed by atoms with E-state index in [9.17, 15) is 14.0 Å². The number of benzene rings is 2. The highest BCUT2D eigenvalue weighted by Crippen LogP contribution is 2.41. The number of aryl methyl sites for hydroxylation is 1. The van der Waals surface area contributed by atoms with E-state index >= 15 is 0 Å². The predicted molar refractivity (Wildman–Crippen MR) is 155 cm³/mol. The molecule has 11 heteroatoms. The van der Waals surface area contributed by atoms with Crippen molar-refractivity contribution in [2.24, 2.45) is 17.6 Å². The Kier molecular flexibility index (Phi) is 7.95. The second kappa shape index (κ2) is 11.6. The van der Waals surface area contributed by atoms with Crippen molar-refractivity contribution in [2.75, 3.05) is 13.7 Å². The van der Waals surface area contributed by atoms with E-state index in [4.69, 9.17) is 10.5 Å². The minimum Gasteiger partial charge on any atom is -0.496 e. The maximum Gasteiger partial charge on any atom is 0.234 e. The minimum absolute atomic E-state index is 0.0496. The van der Waals surface area contributed by atoms with Crippen molar-refractivity contribution in [2.45, 2.75) is 69.7 Å². The Morgan fingerprint density at radius 2 is 2.05 bits per heavy atom. The van der Waals surface area contributed by atoms with Gasteiger partial charge >= 0.3 is 0 Å². The van der Waals surface area contributed by atoms with Gasteiger partial charge < -0.3 is 15.8 Å². The minimum atomic E-state index is -0.529. The fourth-order valence-corrected chi connectivity index (χ4v) is 7.81. The van der Waals surface area contributed by atoms with E-state index in [1.54, 1.807) is 23.5 Å². The van der Waals surface area contributed by atoms with Crippen molar-refractivity contribution in [3.63, 3.8) is 0 Å². The van der Waals surface area contributed by atoms with Gasteiger partial charge in [-0.2, -0.15) is 0 Å². The predicted octanol–water partition coefficient (Wildman–Crippen LogP) is 3.32. The monoisotopic (exact) mass is 580 g/mol. The van der Waals surface area contributed by atoms with E-state index in [0.29, 0.717) is 42.7 Å². The highest BCUT2D eigenvalue weighted by Gasteiger charge is 2.43. The first kappa shape index (κ1) is 28.0. The first-order valence-corrected chi connectivity index (χ1v) is 15.2. The molecule has 2 amide bonds. The summed E-state index contributed by atoms with van der Waals surface area (Å²) >= 11 is 1.70. The van der Waals surface area contributed by atoms with Gasteiger partial charge in [0, 0.05) is 36.7 Å². The van der Waals surface area contributed by atoms with Crippen LogP contribution in [-0.2, 0) is 16.1 Å². The standard InChI is InChI=1S/C30H37FN6O3S/c1-16-33-24-10-6-17(13-27(24)41-16)28-20-12-18(7-9-23(20)35-36-28)30(39)34-19-8-11-25(29(32)38)37(14-19)15-21-22(31)4-3-5-26(21)40-2/h3-6,10,13,18-20,23,25,28,35-36H,7-9,11-12,14-15H2,1-2H3,(H2,32,38)(H,34,39)/t18?,19-,20?,23?,25+,28?/m1/s1. The lowest BCUT2D eigenvalue weighted by Crippen LogP contribution is -2.56. The Morgan fingerprint density at radius 3 is 2.85 bits per heavy atom. The summed E-state index contributed by atoms with van der Waals surface area (Å²) in [6.45, 7) is 2.61.